The van der Waals surface area contributed by atoms with Gasteiger partial charge in [0, 0.05) is 44.7 Å². The van der Waals surface area contributed by atoms with Gasteiger partial charge in [-0.15, -0.1) is 0 Å². The molecule has 2 N–H and O–H groups in total. The van der Waals surface area contributed by atoms with Gasteiger partial charge >= 0.3 is 0 Å². The molecule has 7 nitrogen and oxygen atoms in total. The Labute approximate surface area is 140 Å². The van der Waals surface area contributed by atoms with Crippen LogP contribution >= 0.6 is 0 Å². The van der Waals surface area contributed by atoms with Crippen LogP contribution in [0.25, 0.3) is 5.65 Å². The van der Waals surface area contributed by atoms with Crippen molar-refractivity contribution in [2.75, 3.05) is 30.8 Å². The van der Waals surface area contributed by atoms with Gasteiger partial charge in [-0.3, -0.25) is 4.79 Å². The van der Waals surface area contributed by atoms with Crippen LogP contribution in [0.2, 0.25) is 0 Å². The SMILES string of the molecule is C=C1CC2CN1CCCCC(=O)c1cnn3c(NC)cc(nc13)N2. The van der Waals surface area contributed by atoms with Crippen LogP contribution in [0, 0.1) is 0 Å². The van der Waals surface area contributed by atoms with Gasteiger partial charge in [0.1, 0.15) is 11.6 Å². The highest BCUT2D eigenvalue weighted by atomic mass is 16.1. The minimum Gasteiger partial charge on any atom is -0.373 e. The molecule has 0 aromatic carbocycles. The maximum Gasteiger partial charge on any atom is 0.170 e. The van der Waals surface area contributed by atoms with Crippen molar-refractivity contribution in [3.63, 3.8) is 0 Å². The number of aromatic nitrogens is 3. The molecule has 7 heteroatoms. The van der Waals surface area contributed by atoms with E-state index in [1.165, 1.54) is 0 Å². The average molecular weight is 326 g/mol. The fourth-order valence-corrected chi connectivity index (χ4v) is 3.56. The predicted octanol–water partition coefficient (Wildman–Crippen LogP) is 2.14. The summed E-state index contributed by atoms with van der Waals surface area (Å²) in [7, 11) is 1.84. The largest absolute Gasteiger partial charge is 0.373 e. The monoisotopic (exact) mass is 326 g/mol. The third kappa shape index (κ3) is 2.50. The van der Waals surface area contributed by atoms with Crippen molar-refractivity contribution in [2.24, 2.45) is 0 Å². The van der Waals surface area contributed by atoms with E-state index < -0.39 is 0 Å². The zero-order valence-corrected chi connectivity index (χ0v) is 13.9. The third-order valence-corrected chi connectivity index (χ3v) is 4.83. The highest BCUT2D eigenvalue weighted by Crippen LogP contribution is 2.26. The number of carbonyl (C=O) groups is 1. The van der Waals surface area contributed by atoms with Gasteiger partial charge in [-0.2, -0.15) is 9.61 Å². The molecule has 1 atom stereocenters. The lowest BCUT2D eigenvalue weighted by Gasteiger charge is -2.19. The van der Waals surface area contributed by atoms with Crippen LogP contribution in [-0.4, -0.2) is 51.5 Å². The Bertz CT molecular complexity index is 811. The van der Waals surface area contributed by atoms with Gasteiger partial charge in [0.05, 0.1) is 17.8 Å². The van der Waals surface area contributed by atoms with Crippen molar-refractivity contribution >= 4 is 23.1 Å². The molecular weight excluding hydrogens is 304 g/mol. The molecule has 4 heterocycles. The number of nitrogens with one attached hydrogen (secondary N) is 2. The minimum atomic E-state index is 0.106. The summed E-state index contributed by atoms with van der Waals surface area (Å²) in [5, 5.41) is 11.0. The number of hydrogen-bond donors (Lipinski definition) is 2. The van der Waals surface area contributed by atoms with Gasteiger partial charge in [-0.1, -0.05) is 6.58 Å². The molecule has 4 bridgehead atoms. The molecule has 0 radical (unpaired) electrons. The summed E-state index contributed by atoms with van der Waals surface area (Å²) in [5.41, 5.74) is 2.38. The van der Waals surface area contributed by atoms with Crippen molar-refractivity contribution in [3.05, 3.63) is 30.1 Å². The van der Waals surface area contributed by atoms with Crippen LogP contribution in [0.3, 0.4) is 0 Å². The van der Waals surface area contributed by atoms with Gasteiger partial charge < -0.3 is 15.5 Å². The van der Waals surface area contributed by atoms with Crippen molar-refractivity contribution in [1.29, 1.82) is 0 Å². The van der Waals surface area contributed by atoms with E-state index in [-0.39, 0.29) is 5.78 Å². The number of anilines is 2. The Morgan fingerprint density at radius 3 is 3.12 bits per heavy atom. The Kier molecular flexibility index (Phi) is 3.63. The van der Waals surface area contributed by atoms with Crippen molar-refractivity contribution in [3.8, 4) is 0 Å². The fraction of sp³-hybridized carbons (Fsp3) is 0.471. The van der Waals surface area contributed by atoms with Crippen molar-refractivity contribution in [1.82, 2.24) is 19.5 Å². The normalized spacial score (nSPS) is 21.4. The summed E-state index contributed by atoms with van der Waals surface area (Å²) in [6.07, 6.45) is 4.95. The zero-order valence-electron chi connectivity index (χ0n) is 13.9. The molecule has 2 aliphatic heterocycles. The Morgan fingerprint density at radius 1 is 1.42 bits per heavy atom. The lowest BCUT2D eigenvalue weighted by atomic mass is 10.1. The van der Waals surface area contributed by atoms with Crippen molar-refractivity contribution in [2.45, 2.75) is 31.7 Å². The number of rotatable bonds is 1. The molecule has 0 spiro atoms. The first kappa shape index (κ1) is 15.0. The van der Waals surface area contributed by atoms with E-state index in [1.807, 2.05) is 13.1 Å². The number of ketones is 1. The summed E-state index contributed by atoms with van der Waals surface area (Å²) in [6, 6.07) is 2.22. The quantitative estimate of drug-likeness (QED) is 0.836. The fourth-order valence-electron chi connectivity index (χ4n) is 3.56. The second-order valence-electron chi connectivity index (χ2n) is 6.51. The van der Waals surface area contributed by atoms with Crippen LogP contribution in [0.5, 0.6) is 0 Å². The summed E-state index contributed by atoms with van der Waals surface area (Å²) < 4.78 is 1.69. The first-order valence-corrected chi connectivity index (χ1v) is 8.44. The maximum atomic E-state index is 12.6. The minimum absolute atomic E-state index is 0.106. The summed E-state index contributed by atoms with van der Waals surface area (Å²) in [5.74, 6) is 1.68. The first-order chi connectivity index (χ1) is 11.7. The second kappa shape index (κ2) is 5.81. The number of nitrogens with zero attached hydrogens (tertiary/aromatic N) is 4. The second-order valence-corrected chi connectivity index (χ2v) is 6.51. The van der Waals surface area contributed by atoms with Crippen LogP contribution in [0.1, 0.15) is 36.0 Å². The van der Waals surface area contributed by atoms with Crippen LogP contribution in [0.15, 0.2) is 24.5 Å². The van der Waals surface area contributed by atoms with E-state index in [2.05, 4.69) is 32.2 Å². The van der Waals surface area contributed by atoms with Gasteiger partial charge in [0.25, 0.3) is 0 Å². The number of hydrogen-bond acceptors (Lipinski definition) is 6. The third-order valence-electron chi connectivity index (χ3n) is 4.83. The van der Waals surface area contributed by atoms with Crippen LogP contribution in [-0.2, 0) is 0 Å². The molecular formula is C17H22N6O. The lowest BCUT2D eigenvalue weighted by molar-refractivity contribution is 0.0980. The predicted molar refractivity (Wildman–Crippen MR) is 93.5 cm³/mol. The Balaban J connectivity index is 1.79. The van der Waals surface area contributed by atoms with Crippen LogP contribution in [0.4, 0.5) is 11.6 Å². The molecule has 1 saturated heterocycles. The van der Waals surface area contributed by atoms with E-state index in [0.717, 1.165) is 49.7 Å². The summed E-state index contributed by atoms with van der Waals surface area (Å²) in [6.45, 7) is 6.07. The number of carbonyl (C=O) groups excluding carboxylic acids is 1. The summed E-state index contributed by atoms with van der Waals surface area (Å²) in [4.78, 5) is 19.5. The Morgan fingerprint density at radius 2 is 2.29 bits per heavy atom. The maximum absolute atomic E-state index is 12.6. The zero-order chi connectivity index (χ0) is 16.7. The number of Topliss-reactive ketones (excluding diaryl/α,β-unsaturated/α-hetero) is 1. The first-order valence-electron chi connectivity index (χ1n) is 8.44. The highest BCUT2D eigenvalue weighted by Gasteiger charge is 2.26. The standard InChI is InChI=1S/C17H22N6O/c1-11-7-12-10-22(11)6-4-3-5-14(24)13-9-19-23-16(18-2)8-15(20-12)21-17(13)23/h8-9,12,18H,1,3-7,10H2,2H3,(H,20,21). The molecule has 2 aromatic heterocycles. The molecule has 0 amide bonds. The molecule has 1 unspecified atom stereocenters. The van der Waals surface area contributed by atoms with E-state index in [9.17, 15) is 4.79 Å². The van der Waals surface area contributed by atoms with E-state index in [1.54, 1.807) is 10.7 Å². The van der Waals surface area contributed by atoms with Gasteiger partial charge in [-0.05, 0) is 12.8 Å². The number of fused-ring (bicyclic) bond motifs is 3. The topological polar surface area (TPSA) is 74.6 Å². The molecule has 0 aliphatic carbocycles. The highest BCUT2D eigenvalue weighted by molar-refractivity contribution is 6.01. The molecule has 126 valence electrons. The van der Waals surface area contributed by atoms with Crippen molar-refractivity contribution < 1.29 is 4.79 Å². The molecule has 0 saturated carbocycles. The molecule has 2 aromatic rings. The van der Waals surface area contributed by atoms with Gasteiger partial charge in [0.15, 0.2) is 11.4 Å². The van der Waals surface area contributed by atoms with E-state index in [4.69, 9.17) is 0 Å². The van der Waals surface area contributed by atoms with Gasteiger partial charge in [0.2, 0.25) is 0 Å². The van der Waals surface area contributed by atoms with E-state index in [0.29, 0.717) is 23.7 Å². The molecule has 4 rings (SSSR count). The molecule has 24 heavy (non-hydrogen) atoms. The Hall–Kier alpha value is -2.57. The van der Waals surface area contributed by atoms with E-state index >= 15 is 0 Å². The lowest BCUT2D eigenvalue weighted by Crippen LogP contribution is -2.27. The summed E-state index contributed by atoms with van der Waals surface area (Å²) >= 11 is 0. The molecule has 2 aliphatic rings. The smallest absolute Gasteiger partial charge is 0.170 e. The van der Waals surface area contributed by atoms with Crippen LogP contribution < -0.4 is 10.6 Å². The van der Waals surface area contributed by atoms with Gasteiger partial charge in [-0.25, -0.2) is 4.98 Å². The molecule has 1 fully saturated rings. The average Bonchev–Trinajstić information content (AvgIpc) is 3.13.